The van der Waals surface area contributed by atoms with Crippen LogP contribution in [0, 0.1) is 17.8 Å². The Bertz CT molecular complexity index is 389. The molecular formula is C14H20O6. The molecule has 1 aliphatic carbocycles. The molecule has 0 saturated heterocycles. The molecule has 1 fully saturated rings. The van der Waals surface area contributed by atoms with Crippen LogP contribution in [0.5, 0.6) is 0 Å². The molecule has 0 amide bonds. The van der Waals surface area contributed by atoms with Gasteiger partial charge in [-0.05, 0) is 25.2 Å². The molecule has 6 heteroatoms. The molecule has 0 aliphatic heterocycles. The Morgan fingerprint density at radius 3 is 2.45 bits per heavy atom. The highest BCUT2D eigenvalue weighted by atomic mass is 16.6. The minimum Gasteiger partial charge on any atom is -0.481 e. The largest absolute Gasteiger partial charge is 0.481 e. The number of carboxylic acid groups (broad SMARTS) is 1. The molecule has 0 aromatic heterocycles. The Kier molecular flexibility index (Phi) is 6.21. The van der Waals surface area contributed by atoms with E-state index in [-0.39, 0.29) is 13.2 Å². The van der Waals surface area contributed by atoms with Crippen molar-refractivity contribution in [3.8, 4) is 0 Å². The summed E-state index contributed by atoms with van der Waals surface area (Å²) in [6.45, 7) is 5.08. The van der Waals surface area contributed by atoms with Crippen molar-refractivity contribution in [1.29, 1.82) is 0 Å². The number of carbonyl (C=O) groups is 3. The second-order valence-electron chi connectivity index (χ2n) is 5.01. The van der Waals surface area contributed by atoms with E-state index < -0.39 is 29.7 Å². The smallest absolute Gasteiger partial charge is 0.330 e. The maximum atomic E-state index is 11.9. The average molecular weight is 284 g/mol. The second-order valence-corrected chi connectivity index (χ2v) is 5.01. The molecule has 20 heavy (non-hydrogen) atoms. The molecular weight excluding hydrogens is 264 g/mol. The van der Waals surface area contributed by atoms with Crippen LogP contribution in [-0.2, 0) is 23.9 Å². The Morgan fingerprint density at radius 1 is 1.20 bits per heavy atom. The van der Waals surface area contributed by atoms with E-state index >= 15 is 0 Å². The lowest BCUT2D eigenvalue weighted by molar-refractivity contribution is -0.162. The summed E-state index contributed by atoms with van der Waals surface area (Å²) < 4.78 is 9.65. The fourth-order valence-electron chi connectivity index (χ4n) is 2.39. The van der Waals surface area contributed by atoms with E-state index in [1.807, 2.05) is 6.92 Å². The molecule has 3 unspecified atom stereocenters. The van der Waals surface area contributed by atoms with Crippen LogP contribution in [0.25, 0.3) is 0 Å². The van der Waals surface area contributed by atoms with Gasteiger partial charge in [0.2, 0.25) is 0 Å². The minimum atomic E-state index is -0.961. The van der Waals surface area contributed by atoms with E-state index in [9.17, 15) is 14.4 Å². The number of aliphatic carboxylic acids is 1. The summed E-state index contributed by atoms with van der Waals surface area (Å²) in [6.07, 6.45) is 2.84. The van der Waals surface area contributed by atoms with Crippen LogP contribution < -0.4 is 0 Å². The van der Waals surface area contributed by atoms with E-state index in [1.54, 1.807) is 0 Å². The van der Waals surface area contributed by atoms with Crippen LogP contribution in [0.15, 0.2) is 12.7 Å². The minimum absolute atomic E-state index is 0.0581. The summed E-state index contributed by atoms with van der Waals surface area (Å²) in [6, 6.07) is 0. The van der Waals surface area contributed by atoms with Crippen molar-refractivity contribution >= 4 is 17.9 Å². The van der Waals surface area contributed by atoms with Crippen LogP contribution >= 0.6 is 0 Å². The Balaban J connectivity index is 2.42. The predicted octanol–water partition coefficient (Wildman–Crippen LogP) is 1.40. The van der Waals surface area contributed by atoms with Crippen molar-refractivity contribution in [2.75, 3.05) is 13.2 Å². The van der Waals surface area contributed by atoms with Gasteiger partial charge < -0.3 is 14.6 Å². The number of ether oxygens (including phenoxy) is 2. The molecule has 1 N–H and O–H groups in total. The Hall–Kier alpha value is -1.85. The lowest BCUT2D eigenvalue weighted by atomic mass is 9.74. The van der Waals surface area contributed by atoms with Gasteiger partial charge in [-0.3, -0.25) is 9.59 Å². The van der Waals surface area contributed by atoms with Gasteiger partial charge in [-0.1, -0.05) is 13.5 Å². The number of esters is 2. The van der Waals surface area contributed by atoms with Gasteiger partial charge in [0.05, 0.1) is 11.8 Å². The quantitative estimate of drug-likeness (QED) is 0.450. The van der Waals surface area contributed by atoms with Gasteiger partial charge in [-0.2, -0.15) is 0 Å². The van der Waals surface area contributed by atoms with Crippen molar-refractivity contribution in [3.05, 3.63) is 12.7 Å². The monoisotopic (exact) mass is 284 g/mol. The first kappa shape index (κ1) is 16.2. The molecule has 6 nitrogen and oxygen atoms in total. The molecule has 0 aromatic carbocycles. The highest BCUT2D eigenvalue weighted by Gasteiger charge is 2.39. The van der Waals surface area contributed by atoms with E-state index in [1.165, 1.54) is 0 Å². The Morgan fingerprint density at radius 2 is 1.85 bits per heavy atom. The van der Waals surface area contributed by atoms with Gasteiger partial charge in [0, 0.05) is 6.08 Å². The SMILES string of the molecule is C=CC(=O)OCCOC(=O)C1CCC(C)CC1C(=O)O. The zero-order chi connectivity index (χ0) is 15.1. The fraction of sp³-hybridized carbons (Fsp3) is 0.643. The molecule has 0 spiro atoms. The average Bonchev–Trinajstić information content (AvgIpc) is 2.42. The summed E-state index contributed by atoms with van der Waals surface area (Å²) in [5.41, 5.74) is 0. The molecule has 1 aliphatic rings. The molecule has 0 radical (unpaired) electrons. The first-order chi connectivity index (χ1) is 9.45. The highest BCUT2D eigenvalue weighted by molar-refractivity contribution is 5.82. The van der Waals surface area contributed by atoms with E-state index in [0.717, 1.165) is 12.5 Å². The Labute approximate surface area is 117 Å². The first-order valence-corrected chi connectivity index (χ1v) is 6.64. The third-order valence-corrected chi connectivity index (χ3v) is 3.47. The van der Waals surface area contributed by atoms with Gasteiger partial charge in [0.25, 0.3) is 0 Å². The van der Waals surface area contributed by atoms with Gasteiger partial charge in [-0.15, -0.1) is 0 Å². The molecule has 3 atom stereocenters. The highest BCUT2D eigenvalue weighted by Crippen LogP contribution is 2.34. The zero-order valence-corrected chi connectivity index (χ0v) is 11.5. The van der Waals surface area contributed by atoms with Crippen LogP contribution in [0.1, 0.15) is 26.2 Å². The number of carboxylic acids is 1. The predicted molar refractivity (Wildman–Crippen MR) is 69.7 cm³/mol. The lowest BCUT2D eigenvalue weighted by Gasteiger charge is -2.30. The molecule has 0 heterocycles. The maximum absolute atomic E-state index is 11.9. The number of hydrogen-bond acceptors (Lipinski definition) is 5. The topological polar surface area (TPSA) is 89.9 Å². The summed E-state index contributed by atoms with van der Waals surface area (Å²) in [4.78, 5) is 33.8. The van der Waals surface area contributed by atoms with Crippen LogP contribution in [0.3, 0.4) is 0 Å². The summed E-state index contributed by atoms with van der Waals surface area (Å²) >= 11 is 0. The maximum Gasteiger partial charge on any atom is 0.330 e. The van der Waals surface area contributed by atoms with Crippen LogP contribution in [-0.4, -0.2) is 36.2 Å². The van der Waals surface area contributed by atoms with E-state index in [2.05, 4.69) is 11.3 Å². The number of hydrogen-bond donors (Lipinski definition) is 1. The summed E-state index contributed by atoms with van der Waals surface area (Å²) in [5, 5.41) is 9.16. The molecule has 1 saturated carbocycles. The van der Waals surface area contributed by atoms with Crippen molar-refractivity contribution < 1.29 is 29.0 Å². The van der Waals surface area contributed by atoms with Crippen molar-refractivity contribution in [3.63, 3.8) is 0 Å². The zero-order valence-electron chi connectivity index (χ0n) is 11.5. The van der Waals surface area contributed by atoms with E-state index in [0.29, 0.717) is 18.8 Å². The molecule has 0 aromatic rings. The number of carbonyl (C=O) groups excluding carboxylic acids is 2. The third-order valence-electron chi connectivity index (χ3n) is 3.47. The van der Waals surface area contributed by atoms with Gasteiger partial charge in [0.1, 0.15) is 13.2 Å². The van der Waals surface area contributed by atoms with Crippen molar-refractivity contribution in [1.82, 2.24) is 0 Å². The van der Waals surface area contributed by atoms with Crippen molar-refractivity contribution in [2.24, 2.45) is 17.8 Å². The van der Waals surface area contributed by atoms with Gasteiger partial charge in [0.15, 0.2) is 0 Å². The molecule has 112 valence electrons. The lowest BCUT2D eigenvalue weighted by Crippen LogP contribution is -2.36. The first-order valence-electron chi connectivity index (χ1n) is 6.64. The molecule has 0 bridgehead atoms. The summed E-state index contributed by atoms with van der Waals surface area (Å²) in [5.74, 6) is -3.08. The summed E-state index contributed by atoms with van der Waals surface area (Å²) in [7, 11) is 0. The van der Waals surface area contributed by atoms with E-state index in [4.69, 9.17) is 9.84 Å². The van der Waals surface area contributed by atoms with Gasteiger partial charge >= 0.3 is 17.9 Å². The standard InChI is InChI=1S/C14H20O6/c1-3-12(15)19-6-7-20-14(18)10-5-4-9(2)8-11(10)13(16)17/h3,9-11H,1,4-8H2,2H3,(H,16,17). The second kappa shape index (κ2) is 7.67. The van der Waals surface area contributed by atoms with Gasteiger partial charge in [-0.25, -0.2) is 4.79 Å². The van der Waals surface area contributed by atoms with Crippen LogP contribution in [0.4, 0.5) is 0 Å². The normalized spacial score (nSPS) is 25.6. The molecule has 1 rings (SSSR count). The van der Waals surface area contributed by atoms with Crippen molar-refractivity contribution in [2.45, 2.75) is 26.2 Å². The van der Waals surface area contributed by atoms with Crippen LogP contribution in [0.2, 0.25) is 0 Å². The third kappa shape index (κ3) is 4.68. The fourth-order valence-corrected chi connectivity index (χ4v) is 2.39. The number of rotatable bonds is 6.